The van der Waals surface area contributed by atoms with E-state index in [0.29, 0.717) is 30.4 Å². The Morgan fingerprint density at radius 2 is 1.41 bits per heavy atom. The van der Waals surface area contributed by atoms with Gasteiger partial charge in [-0.1, -0.05) is 25.5 Å². The summed E-state index contributed by atoms with van der Waals surface area (Å²) < 4.78 is 68.6. The lowest BCUT2D eigenvalue weighted by Gasteiger charge is -2.27. The van der Waals surface area contributed by atoms with Gasteiger partial charge in [-0.2, -0.15) is 0 Å². The molecule has 0 heterocycles. The molecule has 0 bridgehead atoms. The fraction of sp³-hybridized carbons (Fsp3) is 0.417. The first kappa shape index (κ1) is 21.5. The summed E-state index contributed by atoms with van der Waals surface area (Å²) in [6.07, 6.45) is 8.65. The topological polar surface area (TPSA) is 0 Å². The molecule has 29 heavy (non-hydrogen) atoms. The average molecular weight is 408 g/mol. The lowest BCUT2D eigenvalue weighted by molar-refractivity contribution is 0.372. The second-order valence-electron chi connectivity index (χ2n) is 7.85. The van der Waals surface area contributed by atoms with Crippen molar-refractivity contribution in [2.24, 2.45) is 5.92 Å². The van der Waals surface area contributed by atoms with E-state index in [2.05, 4.69) is 0 Å². The Balaban J connectivity index is 1.63. The molecular weight excluding hydrogens is 383 g/mol. The van der Waals surface area contributed by atoms with Crippen LogP contribution in [0.5, 0.6) is 0 Å². The summed E-state index contributed by atoms with van der Waals surface area (Å²) in [6.45, 7) is 2.03. The quantitative estimate of drug-likeness (QED) is 0.339. The van der Waals surface area contributed by atoms with Crippen LogP contribution in [0.4, 0.5) is 22.0 Å². The molecule has 156 valence electrons. The third kappa shape index (κ3) is 5.26. The van der Waals surface area contributed by atoms with Crippen LogP contribution in [0.25, 0.3) is 6.08 Å². The van der Waals surface area contributed by atoms with Crippen LogP contribution < -0.4 is 0 Å². The smallest absolute Gasteiger partial charge is 0.194 e. The van der Waals surface area contributed by atoms with Crippen molar-refractivity contribution in [1.29, 1.82) is 0 Å². The van der Waals surface area contributed by atoms with Gasteiger partial charge in [0.15, 0.2) is 17.5 Å². The van der Waals surface area contributed by atoms with Crippen LogP contribution >= 0.6 is 0 Å². The minimum atomic E-state index is -1.45. The summed E-state index contributed by atoms with van der Waals surface area (Å²) in [5.74, 6) is -4.81. The van der Waals surface area contributed by atoms with Crippen molar-refractivity contribution in [2.45, 2.75) is 57.8 Å². The Kier molecular flexibility index (Phi) is 7.09. The van der Waals surface area contributed by atoms with E-state index < -0.39 is 29.1 Å². The first-order valence-electron chi connectivity index (χ1n) is 10.2. The molecule has 1 saturated carbocycles. The zero-order chi connectivity index (χ0) is 21.0. The van der Waals surface area contributed by atoms with Gasteiger partial charge in [0.05, 0.1) is 0 Å². The van der Waals surface area contributed by atoms with E-state index in [4.69, 9.17) is 0 Å². The summed E-state index contributed by atoms with van der Waals surface area (Å²) in [4.78, 5) is 0. The predicted molar refractivity (Wildman–Crippen MR) is 105 cm³/mol. The summed E-state index contributed by atoms with van der Waals surface area (Å²) in [5.41, 5.74) is 1.09. The van der Waals surface area contributed by atoms with Gasteiger partial charge in [0.25, 0.3) is 0 Å². The molecule has 0 nitrogen and oxygen atoms in total. The van der Waals surface area contributed by atoms with Crippen LogP contribution in [-0.4, -0.2) is 0 Å². The van der Waals surface area contributed by atoms with Crippen LogP contribution in [0.2, 0.25) is 0 Å². The third-order valence-corrected chi connectivity index (χ3v) is 5.74. The van der Waals surface area contributed by atoms with Gasteiger partial charge in [-0.25, -0.2) is 22.0 Å². The van der Waals surface area contributed by atoms with Crippen molar-refractivity contribution in [2.75, 3.05) is 0 Å². The van der Waals surface area contributed by atoms with E-state index in [1.165, 1.54) is 18.2 Å². The number of allylic oxidation sites excluding steroid dienone is 1. The van der Waals surface area contributed by atoms with Crippen molar-refractivity contribution in [1.82, 2.24) is 0 Å². The maximum Gasteiger partial charge on any atom is 0.194 e. The van der Waals surface area contributed by atoms with Crippen molar-refractivity contribution in [3.63, 3.8) is 0 Å². The Labute approximate surface area is 168 Å². The Morgan fingerprint density at radius 3 is 1.97 bits per heavy atom. The molecule has 0 saturated heterocycles. The van der Waals surface area contributed by atoms with Gasteiger partial charge in [0.1, 0.15) is 11.6 Å². The van der Waals surface area contributed by atoms with E-state index in [9.17, 15) is 22.0 Å². The molecule has 0 aliphatic heterocycles. The maximum atomic E-state index is 14.3. The van der Waals surface area contributed by atoms with E-state index in [-0.39, 0.29) is 17.4 Å². The van der Waals surface area contributed by atoms with Crippen molar-refractivity contribution < 1.29 is 22.0 Å². The number of hydrogen-bond donors (Lipinski definition) is 0. The molecule has 2 aromatic rings. The fourth-order valence-electron chi connectivity index (χ4n) is 4.01. The number of unbranched alkanes of at least 4 members (excludes halogenated alkanes) is 1. The monoisotopic (exact) mass is 408 g/mol. The van der Waals surface area contributed by atoms with E-state index in [0.717, 1.165) is 37.8 Å². The molecule has 0 spiro atoms. The second-order valence-corrected chi connectivity index (χ2v) is 7.85. The van der Waals surface area contributed by atoms with Gasteiger partial charge < -0.3 is 0 Å². The highest BCUT2D eigenvalue weighted by Crippen LogP contribution is 2.37. The van der Waals surface area contributed by atoms with E-state index >= 15 is 0 Å². The molecule has 1 aliphatic rings. The number of halogens is 5. The molecule has 0 amide bonds. The fourth-order valence-corrected chi connectivity index (χ4v) is 4.01. The minimum Gasteiger partial charge on any atom is -0.206 e. The molecule has 0 atom stereocenters. The van der Waals surface area contributed by atoms with Crippen LogP contribution in [0, 0.1) is 35.0 Å². The molecule has 0 N–H and O–H groups in total. The van der Waals surface area contributed by atoms with E-state index in [1.807, 2.05) is 13.0 Å². The van der Waals surface area contributed by atoms with Crippen LogP contribution in [0.1, 0.15) is 68.1 Å². The number of hydrogen-bond acceptors (Lipinski definition) is 0. The molecule has 5 heteroatoms. The first-order valence-corrected chi connectivity index (χ1v) is 10.2. The second kappa shape index (κ2) is 9.55. The molecule has 2 aromatic carbocycles. The van der Waals surface area contributed by atoms with Crippen molar-refractivity contribution in [3.05, 3.63) is 76.1 Å². The Morgan fingerprint density at radius 1 is 0.828 bits per heavy atom. The molecule has 0 aromatic heterocycles. The van der Waals surface area contributed by atoms with Gasteiger partial charge in [-0.05, 0) is 85.8 Å². The molecule has 1 fully saturated rings. The highest BCUT2D eigenvalue weighted by molar-refractivity contribution is 5.52. The molecule has 3 rings (SSSR count). The van der Waals surface area contributed by atoms with Crippen molar-refractivity contribution >= 4 is 6.08 Å². The van der Waals surface area contributed by atoms with Gasteiger partial charge in [-0.3, -0.25) is 0 Å². The summed E-state index contributed by atoms with van der Waals surface area (Å²) in [7, 11) is 0. The summed E-state index contributed by atoms with van der Waals surface area (Å²) in [5, 5.41) is 0. The lowest BCUT2D eigenvalue weighted by atomic mass is 9.78. The van der Waals surface area contributed by atoms with Gasteiger partial charge >= 0.3 is 0 Å². The van der Waals surface area contributed by atoms with Crippen LogP contribution in [0.3, 0.4) is 0 Å². The van der Waals surface area contributed by atoms with Crippen LogP contribution in [0.15, 0.2) is 30.3 Å². The van der Waals surface area contributed by atoms with Gasteiger partial charge in [0, 0.05) is 5.56 Å². The highest BCUT2D eigenvalue weighted by atomic mass is 19.2. The zero-order valence-corrected chi connectivity index (χ0v) is 16.5. The van der Waals surface area contributed by atoms with Crippen LogP contribution in [-0.2, 0) is 6.42 Å². The third-order valence-electron chi connectivity index (χ3n) is 5.74. The maximum absolute atomic E-state index is 14.3. The normalized spacial score (nSPS) is 19.8. The number of rotatable bonds is 6. The summed E-state index contributed by atoms with van der Waals surface area (Å²) >= 11 is 0. The van der Waals surface area contributed by atoms with E-state index in [1.54, 1.807) is 0 Å². The molecule has 0 unspecified atom stereocenters. The lowest BCUT2D eigenvalue weighted by Crippen LogP contribution is -2.12. The Bertz CT molecular complexity index is 833. The van der Waals surface area contributed by atoms with Gasteiger partial charge in [0.2, 0.25) is 0 Å². The summed E-state index contributed by atoms with van der Waals surface area (Å²) in [6, 6.07) is 4.91. The predicted octanol–water partition coefficient (Wildman–Crippen LogP) is 7.71. The molecular formula is C24H25F5. The number of aryl methyl sites for hydroxylation is 1. The standard InChI is InChI=1S/C24H25F5/c1-2-3-4-16-11-20(25)19(21(26)12-16)10-7-15-5-8-17(9-6-15)18-13-22(27)24(29)23(28)14-18/h7,10-15,17H,2-6,8-9H2,1H3. The minimum absolute atomic E-state index is 0.0324. The Hall–Kier alpha value is -2.17. The van der Waals surface area contributed by atoms with Gasteiger partial charge in [-0.15, -0.1) is 0 Å². The molecule has 0 radical (unpaired) electrons. The average Bonchev–Trinajstić information content (AvgIpc) is 2.70. The zero-order valence-electron chi connectivity index (χ0n) is 16.5. The number of benzene rings is 2. The highest BCUT2D eigenvalue weighted by Gasteiger charge is 2.23. The largest absolute Gasteiger partial charge is 0.206 e. The SMILES string of the molecule is CCCCc1cc(F)c(C=CC2CCC(c3cc(F)c(F)c(F)c3)CC2)c(F)c1. The first-order chi connectivity index (χ1) is 13.9. The van der Waals surface area contributed by atoms with Crippen molar-refractivity contribution in [3.8, 4) is 0 Å². The molecule has 1 aliphatic carbocycles.